The summed E-state index contributed by atoms with van der Waals surface area (Å²) in [7, 11) is 1.22. The molecule has 2 aromatic carbocycles. The number of hydrogen-bond acceptors (Lipinski definition) is 8. The fraction of sp³-hybridized carbons (Fsp3) is 0.192. The second-order valence-corrected chi connectivity index (χ2v) is 10.6. The molecule has 0 bridgehead atoms. The Morgan fingerprint density at radius 2 is 1.74 bits per heavy atom. The van der Waals surface area contributed by atoms with Gasteiger partial charge in [0.1, 0.15) is 5.00 Å². The van der Waals surface area contributed by atoms with Crippen LogP contribution in [0.2, 0.25) is 0 Å². The maximum absolute atomic E-state index is 13.2. The van der Waals surface area contributed by atoms with Gasteiger partial charge in [0.25, 0.3) is 5.91 Å². The van der Waals surface area contributed by atoms with E-state index in [1.807, 2.05) is 37.3 Å². The van der Waals surface area contributed by atoms with Gasteiger partial charge in [0, 0.05) is 17.8 Å². The lowest BCUT2D eigenvalue weighted by atomic mass is 10.1. The molecule has 0 aliphatic carbocycles. The maximum atomic E-state index is 13.2. The smallest absolute Gasteiger partial charge is 0.442 e. The number of methoxy groups -OCH3 is 1. The van der Waals surface area contributed by atoms with Gasteiger partial charge < -0.3 is 15.4 Å². The van der Waals surface area contributed by atoms with Crippen molar-refractivity contribution in [2.75, 3.05) is 17.7 Å². The zero-order valence-electron chi connectivity index (χ0n) is 21.0. The molecule has 3 N–H and O–H groups in total. The second kappa shape index (κ2) is 11.5. The van der Waals surface area contributed by atoms with E-state index in [2.05, 4.69) is 15.9 Å². The van der Waals surface area contributed by atoms with E-state index in [1.54, 1.807) is 38.1 Å². The highest BCUT2D eigenvalue weighted by Crippen LogP contribution is 2.35. The van der Waals surface area contributed by atoms with Crippen LogP contribution in [0.4, 0.5) is 10.7 Å². The third kappa shape index (κ3) is 5.71. The first-order chi connectivity index (χ1) is 18.2. The molecule has 2 heterocycles. The Labute approximate surface area is 226 Å². The zero-order valence-corrected chi connectivity index (χ0v) is 22.6. The van der Waals surface area contributed by atoms with Crippen LogP contribution in [-0.4, -0.2) is 35.4 Å². The molecule has 0 spiro atoms. The predicted octanol–water partition coefficient (Wildman–Crippen LogP) is 4.08. The number of thiophene rings is 1. The second-order valence-electron chi connectivity index (χ2n) is 8.28. The average molecular weight is 554 g/mol. The number of hydrogen-bond donors (Lipinski definition) is 3. The first kappa shape index (κ1) is 26.9. The number of carbonyl (C=O) groups is 3. The van der Waals surface area contributed by atoms with Crippen LogP contribution in [0, 0.1) is 13.8 Å². The van der Waals surface area contributed by atoms with E-state index < -0.39 is 28.7 Å². The number of amides is 2. The van der Waals surface area contributed by atoms with Crippen LogP contribution in [0.5, 0.6) is 0 Å². The van der Waals surface area contributed by atoms with Gasteiger partial charge in [-0.25, -0.2) is 9.59 Å². The highest BCUT2D eigenvalue weighted by Gasteiger charge is 2.31. The Balaban J connectivity index is 1.57. The lowest BCUT2D eigenvalue weighted by molar-refractivity contribution is -0.704. The van der Waals surface area contributed by atoms with E-state index >= 15 is 0 Å². The fourth-order valence-electron chi connectivity index (χ4n) is 3.54. The van der Waals surface area contributed by atoms with Gasteiger partial charge in [-0.3, -0.25) is 14.1 Å². The monoisotopic (exact) mass is 553 g/mol. The number of benzene rings is 2. The fourth-order valence-corrected chi connectivity index (χ4v) is 5.52. The van der Waals surface area contributed by atoms with Crippen LogP contribution in [0.25, 0.3) is 5.69 Å². The number of esters is 1. The highest BCUT2D eigenvalue weighted by atomic mass is 32.2. The summed E-state index contributed by atoms with van der Waals surface area (Å²) in [5, 5.41) is 7.66. The average Bonchev–Trinajstić information content (AvgIpc) is 3.43. The quantitative estimate of drug-likeness (QED) is 0.170. The lowest BCUT2D eigenvalue weighted by Crippen LogP contribution is -2.37. The Morgan fingerprint density at radius 3 is 2.39 bits per heavy atom. The van der Waals surface area contributed by atoms with Gasteiger partial charge in [-0.05, 0) is 60.2 Å². The summed E-state index contributed by atoms with van der Waals surface area (Å²) in [4.78, 5) is 51.3. The maximum Gasteiger partial charge on any atom is 0.442 e. The third-order valence-corrected chi connectivity index (χ3v) is 7.91. The molecule has 4 aromatic rings. The van der Waals surface area contributed by atoms with Gasteiger partial charge in [0.15, 0.2) is 0 Å². The van der Waals surface area contributed by atoms with Gasteiger partial charge in [-0.2, -0.15) is 0 Å². The van der Waals surface area contributed by atoms with Crippen molar-refractivity contribution in [3.8, 4) is 5.69 Å². The molecule has 2 aromatic heterocycles. The van der Waals surface area contributed by atoms with Gasteiger partial charge in [-0.15, -0.1) is 11.3 Å². The van der Waals surface area contributed by atoms with Crippen molar-refractivity contribution in [1.82, 2.24) is 5.27 Å². The van der Waals surface area contributed by atoms with Crippen molar-refractivity contribution in [1.29, 1.82) is 0 Å². The predicted molar refractivity (Wildman–Crippen MR) is 144 cm³/mol. The molecule has 0 aliphatic heterocycles. The lowest BCUT2D eigenvalue weighted by Gasteiger charge is -2.09. The number of aryl methyl sites for hydroxylation is 1. The third-order valence-electron chi connectivity index (χ3n) is 5.57. The molecule has 0 fully saturated rings. The molecule has 12 heteroatoms. The Bertz CT molecular complexity index is 1540. The molecule has 1 unspecified atom stereocenters. The molecule has 1 atom stereocenters. The number of thioether (sulfide) groups is 1. The number of carbonyl (C=O) groups excluding carboxylic acids is 3. The Morgan fingerprint density at radius 1 is 1.05 bits per heavy atom. The van der Waals surface area contributed by atoms with Gasteiger partial charge >= 0.3 is 16.6 Å². The molecule has 2 amide bonds. The summed E-state index contributed by atoms with van der Waals surface area (Å²) >= 11 is 1.96. The van der Waals surface area contributed by atoms with Crippen molar-refractivity contribution >= 4 is 51.6 Å². The normalized spacial score (nSPS) is 11.6. The molecule has 0 radical (unpaired) electrons. The van der Waals surface area contributed by atoms with Crippen LogP contribution in [0.1, 0.15) is 38.1 Å². The molecule has 38 heavy (non-hydrogen) atoms. The molecule has 0 saturated heterocycles. The number of para-hydroxylation sites is 1. The van der Waals surface area contributed by atoms with E-state index in [9.17, 15) is 19.2 Å². The molecular formula is C26H25N4O6S2+. The van der Waals surface area contributed by atoms with Crippen molar-refractivity contribution in [3.63, 3.8) is 0 Å². The number of aromatic nitrogens is 2. The number of rotatable bonds is 8. The summed E-state index contributed by atoms with van der Waals surface area (Å²) in [5.74, 6) is -1.58. The number of nitrogens with zero attached hydrogens (tertiary/aromatic N) is 1. The number of ether oxygens (including phenoxy) is 1. The standard InChI is InChI=1S/C26H24N4O6S2/c1-14-10-12-18(13-11-14)30-24(26(34)36-29-30)37-16(3)21(31)28-23-19(25(33)35-4)15(2)20(38-23)22(32)27-17-8-6-5-7-9-17/h5-13,16H,1-4H3,(H2-,27,28,29,31,32,33,34)/p+1. The first-order valence-electron chi connectivity index (χ1n) is 11.5. The number of anilines is 2. The zero-order chi connectivity index (χ0) is 27.4. The summed E-state index contributed by atoms with van der Waals surface area (Å²) in [6.45, 7) is 5.18. The minimum atomic E-state index is -0.764. The van der Waals surface area contributed by atoms with Crippen molar-refractivity contribution in [2.45, 2.75) is 31.0 Å². The molecule has 4 rings (SSSR count). The van der Waals surface area contributed by atoms with Crippen LogP contribution in [0.15, 0.2) is 68.9 Å². The number of H-pyrrole nitrogens is 1. The van der Waals surface area contributed by atoms with E-state index in [0.29, 0.717) is 16.9 Å². The van der Waals surface area contributed by atoms with Crippen LogP contribution in [-0.2, 0) is 9.53 Å². The largest absolute Gasteiger partial charge is 0.465 e. The minimum Gasteiger partial charge on any atom is -0.465 e. The van der Waals surface area contributed by atoms with Gasteiger partial charge in [0.2, 0.25) is 11.6 Å². The molecule has 0 saturated carbocycles. The first-order valence-corrected chi connectivity index (χ1v) is 13.2. The van der Waals surface area contributed by atoms with E-state index in [-0.39, 0.29) is 20.5 Å². The van der Waals surface area contributed by atoms with E-state index in [1.165, 1.54) is 11.8 Å². The molecule has 0 aliphatic rings. The van der Waals surface area contributed by atoms with Crippen LogP contribution >= 0.6 is 23.1 Å². The Kier molecular flexibility index (Phi) is 8.13. The topological polar surface area (TPSA) is 134 Å². The summed E-state index contributed by atoms with van der Waals surface area (Å²) in [5.41, 5.74) is 2.15. The van der Waals surface area contributed by atoms with Crippen LogP contribution in [0.3, 0.4) is 0 Å². The molecule has 10 nitrogen and oxygen atoms in total. The van der Waals surface area contributed by atoms with Gasteiger partial charge in [-0.1, -0.05) is 35.9 Å². The summed E-state index contributed by atoms with van der Waals surface area (Å²) in [6.07, 6.45) is 0. The SMILES string of the molecule is COC(=O)c1c(NC(=O)C(C)Sc2c(=O)o[nH][n+]2-c2ccc(C)cc2)sc(C(=O)Nc2ccccc2)c1C. The molecular weight excluding hydrogens is 528 g/mol. The van der Waals surface area contributed by atoms with Crippen LogP contribution < -0.4 is 20.9 Å². The molecule has 196 valence electrons. The minimum absolute atomic E-state index is 0.0946. The van der Waals surface area contributed by atoms with E-state index in [4.69, 9.17) is 9.26 Å². The van der Waals surface area contributed by atoms with Crippen molar-refractivity contribution in [3.05, 3.63) is 86.6 Å². The van der Waals surface area contributed by atoms with Crippen molar-refractivity contribution < 1.29 is 28.3 Å². The van der Waals surface area contributed by atoms with Gasteiger partial charge in [0.05, 0.1) is 22.8 Å². The summed E-state index contributed by atoms with van der Waals surface area (Å²) < 4.78 is 11.3. The number of aromatic amines is 1. The Hall–Kier alpha value is -4.16. The summed E-state index contributed by atoms with van der Waals surface area (Å²) in [6, 6.07) is 16.3. The van der Waals surface area contributed by atoms with E-state index in [0.717, 1.165) is 28.7 Å². The highest BCUT2D eigenvalue weighted by molar-refractivity contribution is 8.00. The van der Waals surface area contributed by atoms with Crippen molar-refractivity contribution in [2.24, 2.45) is 0 Å². The number of nitrogens with one attached hydrogen (secondary N) is 3.